The highest BCUT2D eigenvalue weighted by Crippen LogP contribution is 2.33. The molecule has 0 saturated carbocycles. The van der Waals surface area contributed by atoms with E-state index in [1.54, 1.807) is 18.4 Å². The summed E-state index contributed by atoms with van der Waals surface area (Å²) in [4.78, 5) is 32.5. The summed E-state index contributed by atoms with van der Waals surface area (Å²) in [6.45, 7) is 3.97. The molecule has 3 heterocycles. The number of ether oxygens (including phenoxy) is 2. The highest BCUT2D eigenvalue weighted by Gasteiger charge is 2.33. The van der Waals surface area contributed by atoms with E-state index < -0.39 is 12.0 Å². The first-order valence-corrected chi connectivity index (χ1v) is 14.0. The molecule has 0 saturated heterocycles. The maximum atomic E-state index is 13.6. The lowest BCUT2D eigenvalue weighted by atomic mass is 10.0. The summed E-state index contributed by atoms with van der Waals surface area (Å²) in [5.41, 5.74) is 1.61. The summed E-state index contributed by atoms with van der Waals surface area (Å²) >= 11 is 7.18. The van der Waals surface area contributed by atoms with Gasteiger partial charge in [-0.15, -0.1) is 17.8 Å². The minimum Gasteiger partial charge on any atom is -0.479 e. The van der Waals surface area contributed by atoms with Crippen molar-refractivity contribution in [1.29, 1.82) is 0 Å². The van der Waals surface area contributed by atoms with E-state index >= 15 is 0 Å². The smallest absolute Gasteiger partial charge is 0.338 e. The lowest BCUT2D eigenvalue weighted by Gasteiger charge is -2.23. The maximum Gasteiger partial charge on any atom is 0.338 e. The second-order valence-electron chi connectivity index (χ2n) is 7.12. The van der Waals surface area contributed by atoms with E-state index in [1.165, 1.54) is 22.7 Å². The van der Waals surface area contributed by atoms with Crippen molar-refractivity contribution in [3.05, 3.63) is 78.2 Å². The van der Waals surface area contributed by atoms with Crippen molar-refractivity contribution in [3.63, 3.8) is 0 Å². The van der Waals surface area contributed by atoms with Crippen molar-refractivity contribution in [3.8, 4) is 18.1 Å². The molecule has 0 N–H and O–H groups in total. The summed E-state index contributed by atoms with van der Waals surface area (Å²) in [6.07, 6.45) is 7.15. The Hall–Kier alpha value is -1.95. The Labute approximate surface area is 231 Å². The minimum atomic E-state index is -0.572. The molecule has 1 aliphatic rings. The van der Waals surface area contributed by atoms with E-state index in [1.807, 2.05) is 35.7 Å². The quantitative estimate of drug-likeness (QED) is 0.219. The van der Waals surface area contributed by atoms with Crippen LogP contribution in [0.1, 0.15) is 30.3 Å². The van der Waals surface area contributed by atoms with Gasteiger partial charge in [-0.3, -0.25) is 9.36 Å². The standard InChI is InChI=1S/C24H18I2N2O4S2/c1-4-8-32-21-15(25)10-14(11-16(21)26)12-18-22(29)28-20(17-7-6-9-33-17)19(23(30)31-5-2)13(3)27-24(28)34-18/h1,6-7,9-12,20H,5,8H2,2-3H3/b18-12+/t20-/m1/s1. The van der Waals surface area contributed by atoms with Gasteiger partial charge in [0.2, 0.25) is 0 Å². The molecule has 174 valence electrons. The number of benzene rings is 1. The second-order valence-corrected chi connectivity index (χ2v) is 11.4. The number of allylic oxidation sites excluding steroid dienone is 1. The Morgan fingerprint density at radius 3 is 2.71 bits per heavy atom. The predicted molar refractivity (Wildman–Crippen MR) is 151 cm³/mol. The van der Waals surface area contributed by atoms with E-state index in [0.717, 1.165) is 23.3 Å². The number of thiazole rings is 1. The fourth-order valence-corrected chi connectivity index (χ4v) is 7.57. The first-order valence-electron chi connectivity index (χ1n) is 10.1. The lowest BCUT2D eigenvalue weighted by Crippen LogP contribution is -2.39. The van der Waals surface area contributed by atoms with Crippen LogP contribution in [0.5, 0.6) is 5.75 Å². The van der Waals surface area contributed by atoms with Crippen LogP contribution in [0.15, 0.2) is 50.7 Å². The minimum absolute atomic E-state index is 0.189. The number of nitrogens with zero attached hydrogens (tertiary/aromatic N) is 2. The molecule has 0 spiro atoms. The Morgan fingerprint density at radius 1 is 1.35 bits per heavy atom. The SMILES string of the molecule is C#CCOc1c(I)cc(/C=c2/sc3n(c2=O)[C@H](c2cccs2)C(C(=O)OCC)=C(C)N=3)cc1I. The second kappa shape index (κ2) is 10.8. The topological polar surface area (TPSA) is 69.9 Å². The van der Waals surface area contributed by atoms with Crippen molar-refractivity contribution in [2.75, 3.05) is 13.2 Å². The summed E-state index contributed by atoms with van der Waals surface area (Å²) < 4.78 is 14.9. The van der Waals surface area contributed by atoms with Gasteiger partial charge in [0.1, 0.15) is 18.4 Å². The van der Waals surface area contributed by atoms with Gasteiger partial charge in [-0.05, 0) is 94.2 Å². The largest absolute Gasteiger partial charge is 0.479 e. The van der Waals surface area contributed by atoms with E-state index in [4.69, 9.17) is 15.9 Å². The molecule has 4 rings (SSSR count). The molecule has 10 heteroatoms. The Kier molecular flexibility index (Phi) is 7.96. The zero-order chi connectivity index (χ0) is 24.4. The molecule has 0 amide bonds. The molecule has 2 aromatic heterocycles. The highest BCUT2D eigenvalue weighted by molar-refractivity contribution is 14.1. The molecule has 1 atom stereocenters. The van der Waals surface area contributed by atoms with Crippen molar-refractivity contribution in [2.24, 2.45) is 4.99 Å². The number of hydrogen-bond donors (Lipinski definition) is 0. The van der Waals surface area contributed by atoms with Crippen LogP contribution in [0.25, 0.3) is 6.08 Å². The molecule has 34 heavy (non-hydrogen) atoms. The van der Waals surface area contributed by atoms with E-state index in [-0.39, 0.29) is 18.8 Å². The van der Waals surface area contributed by atoms with Gasteiger partial charge in [0.25, 0.3) is 5.56 Å². The van der Waals surface area contributed by atoms with Gasteiger partial charge in [-0.1, -0.05) is 23.3 Å². The number of aromatic nitrogens is 1. The van der Waals surface area contributed by atoms with Crippen molar-refractivity contribution >= 4 is 79.9 Å². The van der Waals surface area contributed by atoms with Crippen LogP contribution in [0.4, 0.5) is 0 Å². The van der Waals surface area contributed by atoms with Gasteiger partial charge in [0.05, 0.1) is 29.5 Å². The Morgan fingerprint density at radius 2 is 2.09 bits per heavy atom. The molecule has 0 bridgehead atoms. The van der Waals surface area contributed by atoms with Crippen LogP contribution in [0, 0.1) is 19.5 Å². The molecule has 0 radical (unpaired) electrons. The Bertz CT molecular complexity index is 1490. The molecule has 0 unspecified atom stereocenters. The van der Waals surface area contributed by atoms with Gasteiger partial charge in [0, 0.05) is 4.88 Å². The first-order chi connectivity index (χ1) is 16.3. The number of thiophene rings is 1. The number of rotatable bonds is 6. The normalized spacial score (nSPS) is 15.5. The average molecular weight is 716 g/mol. The fourth-order valence-electron chi connectivity index (χ4n) is 3.57. The number of carbonyl (C=O) groups is 1. The molecule has 1 aromatic carbocycles. The molecule has 1 aliphatic heterocycles. The number of hydrogen-bond acceptors (Lipinski definition) is 7. The van der Waals surface area contributed by atoms with Crippen molar-refractivity contribution in [1.82, 2.24) is 4.57 Å². The van der Waals surface area contributed by atoms with E-state index in [0.29, 0.717) is 20.6 Å². The van der Waals surface area contributed by atoms with Crippen LogP contribution < -0.4 is 19.6 Å². The Balaban J connectivity index is 1.87. The van der Waals surface area contributed by atoms with Crippen molar-refractivity contribution < 1.29 is 14.3 Å². The number of esters is 1. The van der Waals surface area contributed by atoms with Crippen LogP contribution in [0.3, 0.4) is 0 Å². The number of terminal acetylenes is 1. The van der Waals surface area contributed by atoms with Crippen molar-refractivity contribution in [2.45, 2.75) is 19.9 Å². The summed E-state index contributed by atoms with van der Waals surface area (Å²) in [7, 11) is 0. The van der Waals surface area contributed by atoms with Crippen LogP contribution in [0.2, 0.25) is 0 Å². The number of halogens is 2. The van der Waals surface area contributed by atoms with Gasteiger partial charge in [-0.2, -0.15) is 0 Å². The molecule has 0 fully saturated rings. The zero-order valence-electron chi connectivity index (χ0n) is 18.1. The monoisotopic (exact) mass is 716 g/mol. The van der Waals surface area contributed by atoms with Gasteiger partial charge in [-0.25, -0.2) is 9.79 Å². The van der Waals surface area contributed by atoms with Crippen LogP contribution in [-0.2, 0) is 9.53 Å². The fraction of sp³-hybridized carbons (Fsp3) is 0.208. The summed E-state index contributed by atoms with van der Waals surface area (Å²) in [5.74, 6) is 2.74. The predicted octanol–water partition coefficient (Wildman–Crippen LogP) is 4.08. The number of fused-ring (bicyclic) bond motifs is 1. The summed E-state index contributed by atoms with van der Waals surface area (Å²) in [6, 6.07) is 7.14. The lowest BCUT2D eigenvalue weighted by molar-refractivity contribution is -0.139. The molecule has 6 nitrogen and oxygen atoms in total. The molecule has 3 aromatic rings. The maximum absolute atomic E-state index is 13.6. The third-order valence-corrected chi connectivity index (χ3v) is 8.46. The molecule has 0 aliphatic carbocycles. The highest BCUT2D eigenvalue weighted by atomic mass is 127. The van der Waals surface area contributed by atoms with Gasteiger partial charge in [0.15, 0.2) is 4.80 Å². The van der Waals surface area contributed by atoms with Crippen LogP contribution in [-0.4, -0.2) is 23.8 Å². The summed E-state index contributed by atoms with van der Waals surface area (Å²) in [5, 5.41) is 1.93. The van der Waals surface area contributed by atoms with Gasteiger partial charge < -0.3 is 9.47 Å². The molecular weight excluding hydrogens is 698 g/mol. The van der Waals surface area contributed by atoms with Crippen LogP contribution >= 0.6 is 67.9 Å². The first kappa shape index (κ1) is 25.2. The van der Waals surface area contributed by atoms with E-state index in [9.17, 15) is 9.59 Å². The van der Waals surface area contributed by atoms with Gasteiger partial charge >= 0.3 is 5.97 Å². The molecular formula is C24H18I2N2O4S2. The average Bonchev–Trinajstić information content (AvgIpc) is 3.41. The number of carbonyl (C=O) groups excluding carboxylic acids is 1. The third kappa shape index (κ3) is 4.89. The van der Waals surface area contributed by atoms with E-state index in [2.05, 4.69) is 56.1 Å². The zero-order valence-corrected chi connectivity index (χ0v) is 24.1. The third-order valence-electron chi connectivity index (χ3n) is 4.95.